The first-order chi connectivity index (χ1) is 14.2. The zero-order valence-electron chi connectivity index (χ0n) is 16.4. The molecular formula is C19H23N4O7+. The number of nitro benzene ring substituents is 1. The molecule has 0 spiro atoms. The van der Waals surface area contributed by atoms with E-state index < -0.39 is 34.0 Å². The summed E-state index contributed by atoms with van der Waals surface area (Å²) < 4.78 is -0.0879. The lowest BCUT2D eigenvalue weighted by atomic mass is 10.0. The van der Waals surface area contributed by atoms with E-state index >= 15 is 0 Å². The third-order valence-corrected chi connectivity index (χ3v) is 4.60. The number of nitrogens with zero attached hydrogens (tertiary/aromatic N) is 3. The van der Waals surface area contributed by atoms with Gasteiger partial charge in [-0.1, -0.05) is 25.8 Å². The minimum Gasteiger partial charge on any atom is -0.477 e. The van der Waals surface area contributed by atoms with Gasteiger partial charge in [0.05, 0.1) is 17.0 Å². The van der Waals surface area contributed by atoms with Crippen LogP contribution in [0.2, 0.25) is 0 Å². The predicted molar refractivity (Wildman–Crippen MR) is 106 cm³/mol. The van der Waals surface area contributed by atoms with E-state index in [1.54, 1.807) is 0 Å². The van der Waals surface area contributed by atoms with Gasteiger partial charge in [-0.2, -0.15) is 4.99 Å². The minimum atomic E-state index is -1.61. The van der Waals surface area contributed by atoms with Gasteiger partial charge in [-0.25, -0.2) is 14.1 Å². The summed E-state index contributed by atoms with van der Waals surface area (Å²) in [6.45, 7) is 2.28. The van der Waals surface area contributed by atoms with Gasteiger partial charge in [0, 0.05) is 6.07 Å². The first-order valence-electron chi connectivity index (χ1n) is 9.37. The van der Waals surface area contributed by atoms with E-state index in [1.807, 2.05) is 0 Å². The Labute approximate surface area is 172 Å². The van der Waals surface area contributed by atoms with Crippen LogP contribution in [-0.4, -0.2) is 56.9 Å². The second kappa shape index (κ2) is 9.74. The number of carbonyl (C=O) groups excluding carboxylic acids is 1. The normalized spacial score (nSPS) is 17.4. The second-order valence-corrected chi connectivity index (χ2v) is 6.91. The molecule has 0 aliphatic carbocycles. The summed E-state index contributed by atoms with van der Waals surface area (Å²) in [7, 11) is 0. The number of carboxylic acids is 2. The Morgan fingerprint density at radius 2 is 1.93 bits per heavy atom. The molecule has 1 atom stereocenters. The molecule has 0 saturated carbocycles. The molecule has 160 valence electrons. The van der Waals surface area contributed by atoms with Gasteiger partial charge < -0.3 is 15.5 Å². The Morgan fingerprint density at radius 1 is 1.20 bits per heavy atom. The van der Waals surface area contributed by atoms with Crippen LogP contribution in [0, 0.1) is 10.1 Å². The first-order valence-corrected chi connectivity index (χ1v) is 9.37. The maximum absolute atomic E-state index is 12.6. The summed E-state index contributed by atoms with van der Waals surface area (Å²) >= 11 is 0. The van der Waals surface area contributed by atoms with Crippen LogP contribution in [0.4, 0.5) is 5.69 Å². The fourth-order valence-corrected chi connectivity index (χ4v) is 3.21. The van der Waals surface area contributed by atoms with Gasteiger partial charge >= 0.3 is 11.9 Å². The summed E-state index contributed by atoms with van der Waals surface area (Å²) in [5, 5.41) is 32.1. The zero-order chi connectivity index (χ0) is 22.3. The van der Waals surface area contributed by atoms with Gasteiger partial charge in [0.15, 0.2) is 18.7 Å². The number of carboxylic acid groups (broad SMARTS) is 2. The van der Waals surface area contributed by atoms with Crippen LogP contribution in [-0.2, 0) is 4.79 Å². The number of amides is 1. The smallest absolute Gasteiger partial charge is 0.360 e. The SMILES string of the molecule is CCCCCC[N+]1(CC(=O)O)C=NC(NC(=O)c2cccc([N+](=O)[O-])c2C(=O)O)=C1. The number of nitrogens with one attached hydrogen (secondary N) is 1. The number of hydrogen-bond donors (Lipinski definition) is 3. The molecular weight excluding hydrogens is 396 g/mol. The standard InChI is InChI=1S/C19H22N4O7/c1-2-3-4-5-9-23(11-16(24)25)10-15(20-12-23)21-18(26)13-7-6-8-14(22(29)30)17(13)19(27)28/h6-8,10,12H,2-5,9,11H2,1H3,(H2-,21,24,25,26,27,28)/p+1. The monoisotopic (exact) mass is 419 g/mol. The highest BCUT2D eigenvalue weighted by Crippen LogP contribution is 2.23. The molecule has 0 bridgehead atoms. The topological polar surface area (TPSA) is 159 Å². The van der Waals surface area contributed by atoms with Crippen molar-refractivity contribution in [1.29, 1.82) is 0 Å². The molecule has 3 N–H and O–H groups in total. The maximum atomic E-state index is 12.6. The van der Waals surface area contributed by atoms with Gasteiger partial charge in [0.2, 0.25) is 0 Å². The first kappa shape index (κ1) is 22.7. The van der Waals surface area contributed by atoms with Crippen molar-refractivity contribution in [3.63, 3.8) is 0 Å². The molecule has 30 heavy (non-hydrogen) atoms. The Hall–Kier alpha value is -3.60. The summed E-state index contributed by atoms with van der Waals surface area (Å²) in [6, 6.07) is 3.37. The molecule has 11 nitrogen and oxygen atoms in total. The molecule has 1 aromatic rings. The Balaban J connectivity index is 2.25. The molecule has 0 saturated heterocycles. The largest absolute Gasteiger partial charge is 0.477 e. The van der Waals surface area contributed by atoms with E-state index in [0.717, 1.165) is 37.8 Å². The Bertz CT molecular complexity index is 925. The highest BCUT2D eigenvalue weighted by molar-refractivity contribution is 6.07. The van der Waals surface area contributed by atoms with E-state index in [9.17, 15) is 34.7 Å². The van der Waals surface area contributed by atoms with Crippen molar-refractivity contribution in [2.24, 2.45) is 4.99 Å². The molecule has 1 amide bonds. The quantitative estimate of drug-likeness (QED) is 0.215. The summed E-state index contributed by atoms with van der Waals surface area (Å²) in [5.74, 6) is -3.48. The van der Waals surface area contributed by atoms with Crippen molar-refractivity contribution in [3.8, 4) is 0 Å². The van der Waals surface area contributed by atoms with Crippen molar-refractivity contribution >= 4 is 29.9 Å². The molecule has 1 aliphatic heterocycles. The highest BCUT2D eigenvalue weighted by Gasteiger charge is 2.33. The molecule has 0 radical (unpaired) electrons. The van der Waals surface area contributed by atoms with Gasteiger partial charge in [-0.15, -0.1) is 0 Å². The molecule has 11 heteroatoms. The van der Waals surface area contributed by atoms with E-state index in [-0.39, 0.29) is 22.4 Å². The van der Waals surface area contributed by atoms with Crippen LogP contribution in [0.15, 0.2) is 35.2 Å². The van der Waals surface area contributed by atoms with E-state index in [2.05, 4.69) is 17.2 Å². The van der Waals surface area contributed by atoms with Gasteiger partial charge in [-0.05, 0) is 18.9 Å². The molecule has 1 aliphatic rings. The highest BCUT2D eigenvalue weighted by atomic mass is 16.6. The number of aliphatic imine (C=N–C) groups is 1. The second-order valence-electron chi connectivity index (χ2n) is 6.91. The van der Waals surface area contributed by atoms with Crippen LogP contribution in [0.25, 0.3) is 0 Å². The third-order valence-electron chi connectivity index (χ3n) is 4.60. The van der Waals surface area contributed by atoms with Crippen LogP contribution >= 0.6 is 0 Å². The zero-order valence-corrected chi connectivity index (χ0v) is 16.4. The lowest BCUT2D eigenvalue weighted by Gasteiger charge is -2.25. The molecule has 0 fully saturated rings. The van der Waals surface area contributed by atoms with Crippen molar-refractivity contribution in [2.75, 3.05) is 13.1 Å². The number of unbranched alkanes of at least 4 members (excludes halogenated alkanes) is 3. The number of aliphatic carboxylic acids is 1. The number of hydrogen-bond acceptors (Lipinski definition) is 6. The van der Waals surface area contributed by atoms with Crippen LogP contribution in [0.5, 0.6) is 0 Å². The van der Waals surface area contributed by atoms with Crippen molar-refractivity contribution in [2.45, 2.75) is 32.6 Å². The molecule has 2 rings (SSSR count). The van der Waals surface area contributed by atoms with Crippen molar-refractivity contribution in [3.05, 3.63) is 51.5 Å². The number of aromatic carboxylic acids is 1. The molecule has 1 unspecified atom stereocenters. The van der Waals surface area contributed by atoms with Gasteiger partial charge in [0.25, 0.3) is 11.6 Å². The molecule has 1 aromatic carbocycles. The number of benzene rings is 1. The maximum Gasteiger partial charge on any atom is 0.360 e. The average Bonchev–Trinajstić information content (AvgIpc) is 3.06. The Morgan fingerprint density at radius 3 is 2.53 bits per heavy atom. The molecule has 1 heterocycles. The van der Waals surface area contributed by atoms with E-state index in [0.29, 0.717) is 6.54 Å². The van der Waals surface area contributed by atoms with Crippen LogP contribution < -0.4 is 5.32 Å². The van der Waals surface area contributed by atoms with Crippen molar-refractivity contribution in [1.82, 2.24) is 5.32 Å². The van der Waals surface area contributed by atoms with Crippen molar-refractivity contribution < 1.29 is 34.0 Å². The third kappa shape index (κ3) is 5.47. The van der Waals surface area contributed by atoms with E-state index in [1.165, 1.54) is 18.6 Å². The fourth-order valence-electron chi connectivity index (χ4n) is 3.21. The summed E-state index contributed by atoms with van der Waals surface area (Å²) in [6.07, 6.45) is 6.63. The number of rotatable bonds is 11. The van der Waals surface area contributed by atoms with Crippen LogP contribution in [0.1, 0.15) is 53.3 Å². The van der Waals surface area contributed by atoms with Crippen LogP contribution in [0.3, 0.4) is 0 Å². The van der Waals surface area contributed by atoms with E-state index in [4.69, 9.17) is 0 Å². The summed E-state index contributed by atoms with van der Waals surface area (Å²) in [5.41, 5.74) is -1.82. The summed E-state index contributed by atoms with van der Waals surface area (Å²) in [4.78, 5) is 49.7. The molecule has 0 aromatic heterocycles. The number of nitro groups is 1. The lowest BCUT2D eigenvalue weighted by molar-refractivity contribution is -0.771. The lowest BCUT2D eigenvalue weighted by Crippen LogP contribution is -2.45. The average molecular weight is 419 g/mol. The number of carbonyl (C=O) groups is 3. The fraction of sp³-hybridized carbons (Fsp3) is 0.368. The Kier molecular flexibility index (Phi) is 7.37. The minimum absolute atomic E-state index is 0.0552. The van der Waals surface area contributed by atoms with Gasteiger partial charge in [0.1, 0.15) is 11.8 Å². The predicted octanol–water partition coefficient (Wildman–Crippen LogP) is 2.35. The number of quaternary nitrogens is 1. The van der Waals surface area contributed by atoms with Gasteiger partial charge in [-0.3, -0.25) is 14.9 Å².